The lowest BCUT2D eigenvalue weighted by atomic mass is 10.1. The monoisotopic (exact) mass is 328 g/mol. The first-order chi connectivity index (χ1) is 11.1. The molecule has 4 nitrogen and oxygen atoms in total. The zero-order chi connectivity index (χ0) is 16.2. The molecular weight excluding hydrogens is 311 g/mol. The number of thioether (sulfide) groups is 1. The largest absolute Gasteiger partial charge is 0.324 e. The van der Waals surface area contributed by atoms with Crippen LogP contribution in [0, 0.1) is 19.7 Å². The molecule has 1 aromatic heterocycles. The number of halogens is 1. The Morgan fingerprint density at radius 1 is 1.09 bits per heavy atom. The molecule has 0 saturated carbocycles. The van der Waals surface area contributed by atoms with E-state index in [1.54, 1.807) is 12.1 Å². The number of hydrogen-bond donors (Lipinski definition) is 2. The number of para-hydroxylation sites is 1. The highest BCUT2D eigenvalue weighted by Crippen LogP contribution is 2.24. The van der Waals surface area contributed by atoms with Crippen molar-refractivity contribution in [2.24, 2.45) is 0 Å². The number of anilines is 2. The van der Waals surface area contributed by atoms with Gasteiger partial charge in [0, 0.05) is 11.4 Å². The van der Waals surface area contributed by atoms with E-state index < -0.39 is 0 Å². The van der Waals surface area contributed by atoms with Gasteiger partial charge in [-0.05, 0) is 42.7 Å². The van der Waals surface area contributed by atoms with Crippen LogP contribution in [0.2, 0.25) is 0 Å². The highest BCUT2D eigenvalue weighted by molar-refractivity contribution is 7.98. The van der Waals surface area contributed by atoms with Gasteiger partial charge in [0.15, 0.2) is 0 Å². The fourth-order valence-corrected chi connectivity index (χ4v) is 2.98. The Labute approximate surface area is 138 Å². The van der Waals surface area contributed by atoms with E-state index >= 15 is 0 Å². The average Bonchev–Trinajstić information content (AvgIpc) is 2.98. The lowest BCUT2D eigenvalue weighted by molar-refractivity contribution is 0.627. The predicted molar refractivity (Wildman–Crippen MR) is 91.5 cm³/mol. The summed E-state index contributed by atoms with van der Waals surface area (Å²) in [6, 6.07) is 12.6. The van der Waals surface area contributed by atoms with Crippen LogP contribution in [0.1, 0.15) is 16.7 Å². The van der Waals surface area contributed by atoms with Crippen LogP contribution < -0.4 is 5.32 Å². The topological polar surface area (TPSA) is 53.6 Å². The van der Waals surface area contributed by atoms with Gasteiger partial charge in [0.25, 0.3) is 0 Å². The first kappa shape index (κ1) is 15.6. The smallest absolute Gasteiger partial charge is 0.224 e. The van der Waals surface area contributed by atoms with Gasteiger partial charge in [-0.15, -0.1) is 5.10 Å². The minimum Gasteiger partial charge on any atom is -0.324 e. The van der Waals surface area contributed by atoms with Crippen LogP contribution in [0.5, 0.6) is 0 Å². The summed E-state index contributed by atoms with van der Waals surface area (Å²) in [5.41, 5.74) is 4.38. The molecule has 0 bridgehead atoms. The molecule has 0 radical (unpaired) electrons. The van der Waals surface area contributed by atoms with Gasteiger partial charge in [-0.2, -0.15) is 4.98 Å². The van der Waals surface area contributed by atoms with Crippen molar-refractivity contribution in [1.82, 2.24) is 15.2 Å². The Morgan fingerprint density at radius 3 is 2.48 bits per heavy atom. The SMILES string of the molecule is Cc1cccc(C)c1Nc1nc(SCc2ccc(F)cc2)n[nH]1. The summed E-state index contributed by atoms with van der Waals surface area (Å²) >= 11 is 1.50. The minimum atomic E-state index is -0.225. The maximum absolute atomic E-state index is 12.9. The van der Waals surface area contributed by atoms with E-state index in [4.69, 9.17) is 0 Å². The molecule has 0 aliphatic carbocycles. The van der Waals surface area contributed by atoms with Crippen LogP contribution in [-0.4, -0.2) is 15.2 Å². The molecule has 118 valence electrons. The van der Waals surface area contributed by atoms with Crippen LogP contribution in [0.15, 0.2) is 47.6 Å². The number of aromatic nitrogens is 3. The second kappa shape index (κ2) is 6.83. The summed E-state index contributed by atoms with van der Waals surface area (Å²) in [5, 5.41) is 11.0. The van der Waals surface area contributed by atoms with E-state index in [-0.39, 0.29) is 5.82 Å². The van der Waals surface area contributed by atoms with Crippen molar-refractivity contribution in [3.63, 3.8) is 0 Å². The normalized spacial score (nSPS) is 10.7. The first-order valence-corrected chi connectivity index (χ1v) is 8.23. The highest BCUT2D eigenvalue weighted by atomic mass is 32.2. The van der Waals surface area contributed by atoms with Crippen molar-refractivity contribution >= 4 is 23.4 Å². The third-order valence-corrected chi connectivity index (χ3v) is 4.39. The third-order valence-electron chi connectivity index (χ3n) is 3.47. The molecule has 0 spiro atoms. The van der Waals surface area contributed by atoms with Gasteiger partial charge in [-0.1, -0.05) is 42.1 Å². The predicted octanol–water partition coefficient (Wildman–Crippen LogP) is 4.60. The number of rotatable bonds is 5. The Morgan fingerprint density at radius 2 is 1.78 bits per heavy atom. The average molecular weight is 328 g/mol. The minimum absolute atomic E-state index is 0.225. The second-order valence-corrected chi connectivity index (χ2v) is 6.22. The van der Waals surface area contributed by atoms with Crippen LogP contribution in [0.25, 0.3) is 0 Å². The number of hydrogen-bond acceptors (Lipinski definition) is 4. The molecule has 3 aromatic rings. The summed E-state index contributed by atoms with van der Waals surface area (Å²) in [6.07, 6.45) is 0. The Hall–Kier alpha value is -2.34. The van der Waals surface area contributed by atoms with E-state index in [0.717, 1.165) is 22.4 Å². The summed E-state index contributed by atoms with van der Waals surface area (Å²) < 4.78 is 12.9. The molecule has 23 heavy (non-hydrogen) atoms. The van der Waals surface area contributed by atoms with Crippen LogP contribution in [0.3, 0.4) is 0 Å². The second-order valence-electron chi connectivity index (χ2n) is 5.27. The number of benzene rings is 2. The van der Waals surface area contributed by atoms with E-state index in [1.807, 2.05) is 6.07 Å². The fourth-order valence-electron chi connectivity index (χ4n) is 2.23. The highest BCUT2D eigenvalue weighted by Gasteiger charge is 2.07. The first-order valence-electron chi connectivity index (χ1n) is 7.25. The molecule has 0 atom stereocenters. The number of nitrogens with zero attached hydrogens (tertiary/aromatic N) is 2. The Balaban J connectivity index is 1.65. The van der Waals surface area contributed by atoms with Crippen molar-refractivity contribution in [3.05, 3.63) is 65.0 Å². The molecule has 6 heteroatoms. The molecule has 0 aliphatic heterocycles. The zero-order valence-corrected chi connectivity index (χ0v) is 13.7. The van der Waals surface area contributed by atoms with Gasteiger partial charge in [0.2, 0.25) is 11.1 Å². The van der Waals surface area contributed by atoms with Crippen molar-refractivity contribution in [2.75, 3.05) is 5.32 Å². The molecular formula is C17H17FN4S. The Bertz CT molecular complexity index is 778. The maximum Gasteiger partial charge on any atom is 0.224 e. The van der Waals surface area contributed by atoms with Crippen molar-refractivity contribution in [2.45, 2.75) is 24.8 Å². The third kappa shape index (κ3) is 3.90. The molecule has 0 fully saturated rings. The van der Waals surface area contributed by atoms with Crippen LogP contribution >= 0.6 is 11.8 Å². The van der Waals surface area contributed by atoms with Gasteiger partial charge < -0.3 is 5.32 Å². The molecule has 0 unspecified atom stereocenters. The van der Waals surface area contributed by atoms with E-state index in [9.17, 15) is 4.39 Å². The molecule has 2 aromatic carbocycles. The van der Waals surface area contributed by atoms with E-state index in [2.05, 4.69) is 46.5 Å². The van der Waals surface area contributed by atoms with Crippen molar-refractivity contribution in [1.29, 1.82) is 0 Å². The summed E-state index contributed by atoms with van der Waals surface area (Å²) in [5.74, 6) is 1.08. The number of aryl methyl sites for hydroxylation is 2. The van der Waals surface area contributed by atoms with Gasteiger partial charge >= 0.3 is 0 Å². The molecule has 0 aliphatic rings. The van der Waals surface area contributed by atoms with Crippen LogP contribution in [-0.2, 0) is 5.75 Å². The standard InChI is InChI=1S/C17H17FN4S/c1-11-4-3-5-12(2)15(11)19-16-20-17(22-21-16)23-10-13-6-8-14(18)9-7-13/h3-9H,10H2,1-2H3,(H2,19,20,21,22). The molecule has 1 heterocycles. The van der Waals surface area contributed by atoms with Gasteiger partial charge in [0.1, 0.15) is 5.82 Å². The summed E-state index contributed by atoms with van der Waals surface area (Å²) in [7, 11) is 0. The fraction of sp³-hybridized carbons (Fsp3) is 0.176. The van der Waals surface area contributed by atoms with E-state index in [0.29, 0.717) is 16.9 Å². The zero-order valence-electron chi connectivity index (χ0n) is 12.9. The van der Waals surface area contributed by atoms with Crippen molar-refractivity contribution < 1.29 is 4.39 Å². The number of nitrogens with one attached hydrogen (secondary N) is 2. The number of H-pyrrole nitrogens is 1. The lowest BCUT2D eigenvalue weighted by Gasteiger charge is -2.09. The van der Waals surface area contributed by atoms with Gasteiger partial charge in [0.05, 0.1) is 0 Å². The maximum atomic E-state index is 12.9. The summed E-state index contributed by atoms with van der Waals surface area (Å²) in [4.78, 5) is 4.43. The molecule has 3 rings (SSSR count). The van der Waals surface area contributed by atoms with E-state index in [1.165, 1.54) is 23.9 Å². The quantitative estimate of drug-likeness (QED) is 0.672. The lowest BCUT2D eigenvalue weighted by Crippen LogP contribution is -1.97. The molecule has 0 amide bonds. The van der Waals surface area contributed by atoms with Gasteiger partial charge in [-0.3, -0.25) is 0 Å². The van der Waals surface area contributed by atoms with Crippen LogP contribution in [0.4, 0.5) is 16.0 Å². The van der Waals surface area contributed by atoms with Crippen molar-refractivity contribution in [3.8, 4) is 0 Å². The molecule has 0 saturated heterocycles. The summed E-state index contributed by atoms with van der Waals surface area (Å²) in [6.45, 7) is 4.10. The molecule has 2 N–H and O–H groups in total. The Kier molecular flexibility index (Phi) is 4.62. The van der Waals surface area contributed by atoms with Gasteiger partial charge in [-0.25, -0.2) is 9.49 Å². The number of aromatic amines is 1.